The summed E-state index contributed by atoms with van der Waals surface area (Å²) in [5, 5.41) is 6.62. The first kappa shape index (κ1) is 16.3. The Bertz CT molecular complexity index is 1350. The average Bonchev–Trinajstić information content (AvgIpc) is 3.10. The predicted octanol–water partition coefficient (Wildman–Crippen LogP) is 5.40. The highest BCUT2D eigenvalue weighted by molar-refractivity contribution is 6.13. The van der Waals surface area contributed by atoms with E-state index in [1.807, 2.05) is 60.7 Å². The standard InChI is InChI=1S/C23H16N2O3/c1-27-21-12-17-16-8-4-5-9-19(16)28-20(17)13-18(21)25-23(26)22-15-7-3-2-6-14(15)10-11-24-22/h2-13H,1H3,(H,25,26). The van der Waals surface area contributed by atoms with Crippen molar-refractivity contribution in [3.05, 3.63) is 78.6 Å². The van der Waals surface area contributed by atoms with Crippen molar-refractivity contribution in [1.82, 2.24) is 4.98 Å². The van der Waals surface area contributed by atoms with Crippen LogP contribution in [0.15, 0.2) is 77.3 Å². The van der Waals surface area contributed by atoms with Gasteiger partial charge < -0.3 is 14.5 Å². The largest absolute Gasteiger partial charge is 0.495 e. The molecule has 5 aromatic rings. The number of carbonyl (C=O) groups excluding carboxylic acids is 1. The summed E-state index contributed by atoms with van der Waals surface area (Å²) in [7, 11) is 1.58. The van der Waals surface area contributed by atoms with Crippen LogP contribution in [0, 0.1) is 0 Å². The van der Waals surface area contributed by atoms with Crippen LogP contribution >= 0.6 is 0 Å². The first-order valence-electron chi connectivity index (χ1n) is 8.89. The molecule has 0 saturated heterocycles. The molecule has 0 bridgehead atoms. The number of fused-ring (bicyclic) bond motifs is 4. The fraction of sp³-hybridized carbons (Fsp3) is 0.0435. The zero-order valence-electron chi connectivity index (χ0n) is 15.1. The van der Waals surface area contributed by atoms with Gasteiger partial charge in [-0.05, 0) is 23.6 Å². The molecule has 5 rings (SSSR count). The molecule has 0 spiro atoms. The van der Waals surface area contributed by atoms with E-state index >= 15 is 0 Å². The maximum absolute atomic E-state index is 12.9. The fourth-order valence-electron chi connectivity index (χ4n) is 3.50. The van der Waals surface area contributed by atoms with Crippen molar-refractivity contribution in [3.63, 3.8) is 0 Å². The fourth-order valence-corrected chi connectivity index (χ4v) is 3.50. The van der Waals surface area contributed by atoms with Gasteiger partial charge in [0.25, 0.3) is 5.91 Å². The van der Waals surface area contributed by atoms with Crippen LogP contribution in [-0.4, -0.2) is 18.0 Å². The summed E-state index contributed by atoms with van der Waals surface area (Å²) in [6, 6.07) is 21.0. The summed E-state index contributed by atoms with van der Waals surface area (Å²) in [5.74, 6) is 0.262. The molecule has 28 heavy (non-hydrogen) atoms. The molecule has 2 heterocycles. The van der Waals surface area contributed by atoms with E-state index in [1.165, 1.54) is 0 Å². The van der Waals surface area contributed by atoms with Crippen LogP contribution in [0.25, 0.3) is 32.7 Å². The third-order valence-corrected chi connectivity index (χ3v) is 4.84. The molecular weight excluding hydrogens is 352 g/mol. The SMILES string of the molecule is COc1cc2c(cc1NC(=O)c1nccc3ccccc13)oc1ccccc12. The van der Waals surface area contributed by atoms with E-state index in [0.29, 0.717) is 22.7 Å². The van der Waals surface area contributed by atoms with Gasteiger partial charge in [0.1, 0.15) is 22.6 Å². The lowest BCUT2D eigenvalue weighted by Gasteiger charge is -2.11. The number of hydrogen-bond acceptors (Lipinski definition) is 4. The minimum atomic E-state index is -0.300. The summed E-state index contributed by atoms with van der Waals surface area (Å²) >= 11 is 0. The van der Waals surface area contributed by atoms with Gasteiger partial charge in [-0.3, -0.25) is 9.78 Å². The molecule has 0 unspecified atom stereocenters. The van der Waals surface area contributed by atoms with Crippen LogP contribution in [0.2, 0.25) is 0 Å². The summed E-state index contributed by atoms with van der Waals surface area (Å²) in [6.07, 6.45) is 1.64. The molecular formula is C23H16N2O3. The number of rotatable bonds is 3. The Morgan fingerprint density at radius 3 is 2.57 bits per heavy atom. The number of pyridine rings is 1. The van der Waals surface area contributed by atoms with E-state index in [-0.39, 0.29) is 5.91 Å². The van der Waals surface area contributed by atoms with Gasteiger partial charge in [-0.2, -0.15) is 0 Å². The zero-order chi connectivity index (χ0) is 19.1. The molecule has 1 amide bonds. The number of para-hydroxylation sites is 1. The molecule has 2 aromatic heterocycles. The minimum Gasteiger partial charge on any atom is -0.495 e. The van der Waals surface area contributed by atoms with Gasteiger partial charge >= 0.3 is 0 Å². The van der Waals surface area contributed by atoms with Crippen molar-refractivity contribution in [2.24, 2.45) is 0 Å². The minimum absolute atomic E-state index is 0.300. The van der Waals surface area contributed by atoms with Crippen LogP contribution < -0.4 is 10.1 Å². The Labute approximate surface area is 160 Å². The third-order valence-electron chi connectivity index (χ3n) is 4.84. The Hall–Kier alpha value is -3.86. The van der Waals surface area contributed by atoms with E-state index in [4.69, 9.17) is 9.15 Å². The summed E-state index contributed by atoms with van der Waals surface area (Å²) in [6.45, 7) is 0. The van der Waals surface area contributed by atoms with Gasteiger partial charge in [-0.15, -0.1) is 0 Å². The van der Waals surface area contributed by atoms with Crippen molar-refractivity contribution in [3.8, 4) is 5.75 Å². The highest BCUT2D eigenvalue weighted by atomic mass is 16.5. The predicted molar refractivity (Wildman–Crippen MR) is 110 cm³/mol. The molecule has 0 radical (unpaired) electrons. The number of anilines is 1. The van der Waals surface area contributed by atoms with E-state index in [0.717, 1.165) is 27.1 Å². The summed E-state index contributed by atoms with van der Waals surface area (Å²) in [5.41, 5.74) is 2.38. The van der Waals surface area contributed by atoms with E-state index in [2.05, 4.69) is 10.3 Å². The van der Waals surface area contributed by atoms with Gasteiger partial charge in [-0.25, -0.2) is 0 Å². The number of nitrogens with zero attached hydrogens (tertiary/aromatic N) is 1. The number of aromatic nitrogens is 1. The second-order valence-corrected chi connectivity index (χ2v) is 6.48. The molecule has 1 N–H and O–H groups in total. The number of nitrogens with one attached hydrogen (secondary N) is 1. The number of amides is 1. The molecule has 0 atom stereocenters. The van der Waals surface area contributed by atoms with Crippen molar-refractivity contribution in [2.75, 3.05) is 12.4 Å². The molecule has 3 aromatic carbocycles. The maximum atomic E-state index is 12.9. The molecule has 136 valence electrons. The Morgan fingerprint density at radius 1 is 0.929 bits per heavy atom. The summed E-state index contributed by atoms with van der Waals surface area (Å²) < 4.78 is 11.4. The molecule has 0 aliphatic heterocycles. The topological polar surface area (TPSA) is 64.4 Å². The first-order chi connectivity index (χ1) is 13.7. The number of ether oxygens (including phenoxy) is 1. The van der Waals surface area contributed by atoms with Crippen LogP contribution in [-0.2, 0) is 0 Å². The monoisotopic (exact) mass is 368 g/mol. The molecule has 0 saturated carbocycles. The Morgan fingerprint density at radius 2 is 1.71 bits per heavy atom. The second-order valence-electron chi connectivity index (χ2n) is 6.48. The number of methoxy groups -OCH3 is 1. The smallest absolute Gasteiger partial charge is 0.275 e. The molecule has 5 heteroatoms. The second kappa shape index (κ2) is 6.39. The van der Waals surface area contributed by atoms with Crippen LogP contribution in [0.1, 0.15) is 10.5 Å². The van der Waals surface area contributed by atoms with E-state index in [1.54, 1.807) is 19.4 Å². The average molecular weight is 368 g/mol. The third kappa shape index (κ3) is 2.56. The van der Waals surface area contributed by atoms with Crippen molar-refractivity contribution in [2.45, 2.75) is 0 Å². The summed E-state index contributed by atoms with van der Waals surface area (Å²) in [4.78, 5) is 17.2. The van der Waals surface area contributed by atoms with Crippen LogP contribution in [0.3, 0.4) is 0 Å². The molecule has 5 nitrogen and oxygen atoms in total. The van der Waals surface area contributed by atoms with Crippen molar-refractivity contribution < 1.29 is 13.9 Å². The van der Waals surface area contributed by atoms with E-state index < -0.39 is 0 Å². The highest BCUT2D eigenvalue weighted by Crippen LogP contribution is 2.36. The number of hydrogen-bond donors (Lipinski definition) is 1. The lowest BCUT2D eigenvalue weighted by molar-refractivity contribution is 0.102. The highest BCUT2D eigenvalue weighted by Gasteiger charge is 2.17. The Kier molecular flexibility index (Phi) is 3.72. The molecule has 0 aliphatic carbocycles. The zero-order valence-corrected chi connectivity index (χ0v) is 15.1. The number of furan rings is 1. The van der Waals surface area contributed by atoms with Gasteiger partial charge in [0.15, 0.2) is 0 Å². The van der Waals surface area contributed by atoms with Crippen LogP contribution in [0.4, 0.5) is 5.69 Å². The normalized spacial score (nSPS) is 11.2. The van der Waals surface area contributed by atoms with Crippen LogP contribution in [0.5, 0.6) is 5.75 Å². The van der Waals surface area contributed by atoms with Crippen molar-refractivity contribution in [1.29, 1.82) is 0 Å². The molecule has 0 aliphatic rings. The quantitative estimate of drug-likeness (QED) is 0.463. The number of carbonyl (C=O) groups is 1. The maximum Gasteiger partial charge on any atom is 0.275 e. The van der Waals surface area contributed by atoms with Crippen molar-refractivity contribution >= 4 is 44.3 Å². The lowest BCUT2D eigenvalue weighted by atomic mass is 10.1. The van der Waals surface area contributed by atoms with Gasteiger partial charge in [-0.1, -0.05) is 42.5 Å². The van der Waals surface area contributed by atoms with E-state index in [9.17, 15) is 4.79 Å². The number of benzene rings is 3. The first-order valence-corrected chi connectivity index (χ1v) is 8.89. The molecule has 0 fully saturated rings. The van der Waals surface area contributed by atoms with Gasteiger partial charge in [0.05, 0.1) is 12.8 Å². The lowest BCUT2D eigenvalue weighted by Crippen LogP contribution is -2.14. The van der Waals surface area contributed by atoms with Gasteiger partial charge in [0, 0.05) is 28.4 Å². The van der Waals surface area contributed by atoms with Gasteiger partial charge in [0.2, 0.25) is 0 Å². The Balaban J connectivity index is 1.60.